The molecule has 0 amide bonds. The molecule has 4 atom stereocenters. The average molecular weight is 297 g/mol. The van der Waals surface area contributed by atoms with Crippen molar-refractivity contribution in [2.75, 3.05) is 0 Å². The summed E-state index contributed by atoms with van der Waals surface area (Å²) in [6.45, 7) is 6.09. The third-order valence-electron chi connectivity index (χ3n) is 4.33. The fraction of sp³-hybridized carbons (Fsp3) is 0.615. The number of halogens is 1. The van der Waals surface area contributed by atoms with Crippen molar-refractivity contribution in [3.8, 4) is 0 Å². The fourth-order valence-corrected chi connectivity index (χ4v) is 3.05. The number of hydrogen-bond acceptors (Lipinski definition) is 5. The second-order valence-corrected chi connectivity index (χ2v) is 5.68. The van der Waals surface area contributed by atoms with E-state index in [2.05, 4.69) is 21.9 Å². The largest absolute Gasteiger partial charge is 0.348 e. The van der Waals surface area contributed by atoms with Crippen LogP contribution in [0.1, 0.15) is 27.2 Å². The highest BCUT2D eigenvalue weighted by molar-refractivity contribution is 6.33. The van der Waals surface area contributed by atoms with Crippen LogP contribution in [-0.2, 0) is 10.6 Å². The van der Waals surface area contributed by atoms with Gasteiger partial charge in [-0.2, -0.15) is 0 Å². The van der Waals surface area contributed by atoms with E-state index >= 15 is 0 Å². The highest BCUT2D eigenvalue weighted by atomic mass is 35.5. The van der Waals surface area contributed by atoms with Gasteiger partial charge in [-0.1, -0.05) is 32.4 Å². The Balaban J connectivity index is 2.13. The zero-order valence-corrected chi connectivity index (χ0v) is 12.4. The van der Waals surface area contributed by atoms with Gasteiger partial charge in [0.15, 0.2) is 10.8 Å². The van der Waals surface area contributed by atoms with Crippen molar-refractivity contribution in [2.45, 2.75) is 39.2 Å². The molecular formula is C13H17ClN4O2. The molecule has 0 aromatic carbocycles. The van der Waals surface area contributed by atoms with Gasteiger partial charge in [0.05, 0.1) is 6.10 Å². The van der Waals surface area contributed by atoms with Gasteiger partial charge in [-0.3, -0.25) is 4.57 Å². The van der Waals surface area contributed by atoms with Gasteiger partial charge in [0, 0.05) is 5.92 Å². The van der Waals surface area contributed by atoms with Crippen molar-refractivity contribution in [1.29, 1.82) is 0 Å². The predicted molar refractivity (Wildman–Crippen MR) is 74.0 cm³/mol. The van der Waals surface area contributed by atoms with Gasteiger partial charge in [-0.15, -0.1) is 0 Å². The van der Waals surface area contributed by atoms with Crippen LogP contribution in [0, 0.1) is 11.8 Å². The quantitative estimate of drug-likeness (QED) is 0.860. The molecule has 1 unspecified atom stereocenters. The monoisotopic (exact) mass is 296 g/mol. The highest BCUT2D eigenvalue weighted by Gasteiger charge is 2.51. The standard InChI is InChI=1S/C13H17ClN4O2/c1-4-9-7(2)8(3)13(19,20-9)18-6-17-10-11(14)15-5-16-12(10)18/h5-9,19H,4H2,1-3H3/t7?,8-,9+,13+/m0/s1. The Kier molecular flexibility index (Phi) is 3.19. The SMILES string of the molecule is CC[C@H]1O[C@@](O)(n2cnc3c(Cl)ncnc32)[C@@H](C)C1C. The molecule has 1 aliphatic heterocycles. The Bertz CT molecular complexity index is 646. The van der Waals surface area contributed by atoms with Crippen LogP contribution in [-0.4, -0.2) is 30.7 Å². The summed E-state index contributed by atoms with van der Waals surface area (Å²) in [5.41, 5.74) is 0.939. The summed E-state index contributed by atoms with van der Waals surface area (Å²) in [5.74, 6) is -1.30. The summed E-state index contributed by atoms with van der Waals surface area (Å²) in [6, 6.07) is 0. The van der Waals surface area contributed by atoms with Crippen molar-refractivity contribution in [3.63, 3.8) is 0 Å². The molecule has 3 rings (SSSR count). The molecule has 7 heteroatoms. The lowest BCUT2D eigenvalue weighted by atomic mass is 9.90. The van der Waals surface area contributed by atoms with Gasteiger partial charge in [0.25, 0.3) is 5.91 Å². The van der Waals surface area contributed by atoms with Crippen molar-refractivity contribution in [3.05, 3.63) is 17.8 Å². The molecule has 3 heterocycles. The van der Waals surface area contributed by atoms with Crippen molar-refractivity contribution in [2.24, 2.45) is 11.8 Å². The zero-order valence-electron chi connectivity index (χ0n) is 11.6. The van der Waals surface area contributed by atoms with Crippen LogP contribution in [0.15, 0.2) is 12.7 Å². The molecule has 0 radical (unpaired) electrons. The topological polar surface area (TPSA) is 73.1 Å². The van der Waals surface area contributed by atoms with Gasteiger partial charge >= 0.3 is 0 Å². The Morgan fingerprint density at radius 3 is 2.80 bits per heavy atom. The van der Waals surface area contributed by atoms with E-state index in [1.165, 1.54) is 12.7 Å². The van der Waals surface area contributed by atoms with E-state index in [-0.39, 0.29) is 23.1 Å². The molecule has 20 heavy (non-hydrogen) atoms. The van der Waals surface area contributed by atoms with E-state index in [4.69, 9.17) is 16.3 Å². The first-order valence-corrected chi connectivity index (χ1v) is 7.11. The Hall–Kier alpha value is -1.24. The van der Waals surface area contributed by atoms with Crippen LogP contribution >= 0.6 is 11.6 Å². The molecule has 1 saturated heterocycles. The minimum atomic E-state index is -1.45. The third-order valence-corrected chi connectivity index (χ3v) is 4.61. The molecule has 1 aliphatic rings. The Morgan fingerprint density at radius 2 is 2.15 bits per heavy atom. The van der Waals surface area contributed by atoms with Crippen molar-refractivity contribution < 1.29 is 9.84 Å². The first kappa shape index (κ1) is 13.7. The molecule has 1 N–H and O–H groups in total. The van der Waals surface area contributed by atoms with Gasteiger partial charge in [-0.05, 0) is 12.3 Å². The fourth-order valence-electron chi connectivity index (χ4n) is 2.87. The van der Waals surface area contributed by atoms with Crippen LogP contribution in [0.4, 0.5) is 0 Å². The van der Waals surface area contributed by atoms with E-state index in [0.717, 1.165) is 6.42 Å². The summed E-state index contributed by atoms with van der Waals surface area (Å²) >= 11 is 5.99. The van der Waals surface area contributed by atoms with E-state index in [1.54, 1.807) is 4.57 Å². The lowest BCUT2D eigenvalue weighted by Gasteiger charge is -2.28. The molecule has 0 bridgehead atoms. The van der Waals surface area contributed by atoms with Gasteiger partial charge in [0.1, 0.15) is 18.2 Å². The van der Waals surface area contributed by atoms with E-state index in [1.807, 2.05) is 13.8 Å². The second kappa shape index (κ2) is 4.65. The number of ether oxygens (including phenoxy) is 1. The maximum absolute atomic E-state index is 11.0. The van der Waals surface area contributed by atoms with Gasteiger partial charge < -0.3 is 9.84 Å². The summed E-state index contributed by atoms with van der Waals surface area (Å²) < 4.78 is 7.44. The number of aliphatic hydroxyl groups is 1. The summed E-state index contributed by atoms with van der Waals surface area (Å²) in [5, 5.41) is 11.2. The lowest BCUT2D eigenvalue weighted by molar-refractivity contribution is -0.269. The maximum Gasteiger partial charge on any atom is 0.258 e. The van der Waals surface area contributed by atoms with Gasteiger partial charge in [0.2, 0.25) is 0 Å². The zero-order chi connectivity index (χ0) is 14.5. The minimum Gasteiger partial charge on any atom is -0.348 e. The van der Waals surface area contributed by atoms with Crippen molar-refractivity contribution >= 4 is 22.8 Å². The average Bonchev–Trinajstić information content (AvgIpc) is 2.96. The second-order valence-electron chi connectivity index (χ2n) is 5.32. The molecule has 0 spiro atoms. The number of hydrogen-bond donors (Lipinski definition) is 1. The third kappa shape index (κ3) is 1.75. The summed E-state index contributed by atoms with van der Waals surface area (Å²) in [4.78, 5) is 12.2. The number of rotatable bonds is 2. The van der Waals surface area contributed by atoms with Crippen LogP contribution in [0.5, 0.6) is 0 Å². The number of fused-ring (bicyclic) bond motifs is 1. The smallest absolute Gasteiger partial charge is 0.258 e. The normalized spacial score (nSPS) is 34.0. The molecule has 2 aromatic heterocycles. The summed E-state index contributed by atoms with van der Waals surface area (Å²) in [6.07, 6.45) is 3.71. The molecule has 0 aliphatic carbocycles. The van der Waals surface area contributed by atoms with Crippen LogP contribution in [0.25, 0.3) is 11.2 Å². The molecular weight excluding hydrogens is 280 g/mol. The maximum atomic E-state index is 11.0. The van der Waals surface area contributed by atoms with Crippen molar-refractivity contribution in [1.82, 2.24) is 19.5 Å². The van der Waals surface area contributed by atoms with Crippen LogP contribution in [0.3, 0.4) is 0 Å². The first-order valence-electron chi connectivity index (χ1n) is 6.73. The number of imidazole rings is 1. The highest BCUT2D eigenvalue weighted by Crippen LogP contribution is 2.44. The number of aromatic nitrogens is 4. The first-order chi connectivity index (χ1) is 9.49. The van der Waals surface area contributed by atoms with E-state index in [0.29, 0.717) is 11.2 Å². The molecule has 1 fully saturated rings. The minimum absolute atomic E-state index is 0.00441. The predicted octanol–water partition coefficient (Wildman–Crippen LogP) is 2.16. The van der Waals surface area contributed by atoms with E-state index in [9.17, 15) is 5.11 Å². The Labute approximate surface area is 121 Å². The number of nitrogens with zero attached hydrogens (tertiary/aromatic N) is 4. The Morgan fingerprint density at radius 1 is 1.40 bits per heavy atom. The summed E-state index contributed by atoms with van der Waals surface area (Å²) in [7, 11) is 0. The molecule has 6 nitrogen and oxygen atoms in total. The van der Waals surface area contributed by atoms with E-state index < -0.39 is 5.91 Å². The van der Waals surface area contributed by atoms with Crippen LogP contribution in [0.2, 0.25) is 5.15 Å². The van der Waals surface area contributed by atoms with Gasteiger partial charge in [-0.25, -0.2) is 15.0 Å². The molecule has 108 valence electrons. The lowest BCUT2D eigenvalue weighted by Crippen LogP contribution is -2.38. The molecule has 2 aromatic rings. The van der Waals surface area contributed by atoms with Crippen LogP contribution < -0.4 is 0 Å². The molecule has 0 saturated carbocycles.